The zero-order valence-electron chi connectivity index (χ0n) is 12.3. The fourth-order valence-corrected chi connectivity index (χ4v) is 4.23. The van der Waals surface area contributed by atoms with Crippen molar-refractivity contribution >= 4 is 15.7 Å². The van der Waals surface area contributed by atoms with E-state index in [2.05, 4.69) is 17.3 Å². The molecule has 3 rings (SSSR count). The van der Waals surface area contributed by atoms with E-state index in [1.165, 1.54) is 25.7 Å². The maximum Gasteiger partial charge on any atom is 0.238 e. The number of primary sulfonamides is 1. The molecule has 2 aliphatic rings. The van der Waals surface area contributed by atoms with E-state index in [-0.39, 0.29) is 4.90 Å². The molecule has 0 radical (unpaired) electrons. The SMILES string of the molecule is CN1C2CCC1CC(CNc1ccc(S(N)(=O)=O)cc1)C2. The summed E-state index contributed by atoms with van der Waals surface area (Å²) in [5.41, 5.74) is 0.952. The first-order valence-corrected chi connectivity index (χ1v) is 9.07. The number of fused-ring (bicyclic) bond motifs is 2. The lowest BCUT2D eigenvalue weighted by atomic mass is 9.91. The van der Waals surface area contributed by atoms with E-state index in [0.29, 0.717) is 5.92 Å². The van der Waals surface area contributed by atoms with Crippen molar-refractivity contribution in [2.75, 3.05) is 18.9 Å². The second-order valence-corrected chi connectivity index (χ2v) is 7.90. The number of hydrogen-bond acceptors (Lipinski definition) is 4. The molecule has 2 bridgehead atoms. The molecule has 2 atom stereocenters. The monoisotopic (exact) mass is 309 g/mol. The molecule has 0 aromatic heterocycles. The van der Waals surface area contributed by atoms with Gasteiger partial charge >= 0.3 is 0 Å². The van der Waals surface area contributed by atoms with E-state index in [1.807, 2.05) is 0 Å². The Bertz CT molecular complexity index is 586. The Labute approximate surface area is 126 Å². The largest absolute Gasteiger partial charge is 0.385 e. The third kappa shape index (κ3) is 3.22. The molecule has 2 heterocycles. The van der Waals surface area contributed by atoms with Crippen molar-refractivity contribution in [2.24, 2.45) is 11.1 Å². The van der Waals surface area contributed by atoms with Gasteiger partial charge in [-0.15, -0.1) is 0 Å². The number of anilines is 1. The minimum atomic E-state index is -3.60. The van der Waals surface area contributed by atoms with Crippen LogP contribution < -0.4 is 10.5 Å². The fraction of sp³-hybridized carbons (Fsp3) is 0.600. The van der Waals surface area contributed by atoms with Crippen molar-refractivity contribution in [1.29, 1.82) is 0 Å². The smallest absolute Gasteiger partial charge is 0.238 e. The number of sulfonamides is 1. The van der Waals surface area contributed by atoms with Crippen molar-refractivity contribution in [3.8, 4) is 0 Å². The summed E-state index contributed by atoms with van der Waals surface area (Å²) >= 11 is 0. The summed E-state index contributed by atoms with van der Waals surface area (Å²) in [6, 6.07) is 8.17. The molecule has 6 heteroatoms. The Balaban J connectivity index is 1.56. The van der Waals surface area contributed by atoms with E-state index in [9.17, 15) is 8.42 Å². The highest BCUT2D eigenvalue weighted by atomic mass is 32.2. The highest BCUT2D eigenvalue weighted by molar-refractivity contribution is 7.89. The average molecular weight is 309 g/mol. The second kappa shape index (κ2) is 5.59. The summed E-state index contributed by atoms with van der Waals surface area (Å²) in [4.78, 5) is 2.70. The van der Waals surface area contributed by atoms with E-state index < -0.39 is 10.0 Å². The minimum absolute atomic E-state index is 0.158. The number of nitrogens with one attached hydrogen (secondary N) is 1. The molecule has 0 spiro atoms. The van der Waals surface area contributed by atoms with Crippen LogP contribution in [0.3, 0.4) is 0 Å². The first-order valence-electron chi connectivity index (χ1n) is 7.52. The van der Waals surface area contributed by atoms with Gasteiger partial charge in [0.25, 0.3) is 0 Å². The van der Waals surface area contributed by atoms with Crippen LogP contribution in [-0.4, -0.2) is 39.0 Å². The van der Waals surface area contributed by atoms with Gasteiger partial charge in [-0.25, -0.2) is 13.6 Å². The topological polar surface area (TPSA) is 75.4 Å². The summed E-state index contributed by atoms with van der Waals surface area (Å²) in [5, 5.41) is 8.52. The minimum Gasteiger partial charge on any atom is -0.385 e. The molecule has 3 N–H and O–H groups in total. The van der Waals surface area contributed by atoms with Gasteiger partial charge < -0.3 is 10.2 Å². The summed E-state index contributed by atoms with van der Waals surface area (Å²) in [7, 11) is -1.35. The van der Waals surface area contributed by atoms with Crippen LogP contribution in [0.15, 0.2) is 29.2 Å². The van der Waals surface area contributed by atoms with Crippen LogP contribution in [0.5, 0.6) is 0 Å². The van der Waals surface area contributed by atoms with Gasteiger partial charge in [0.1, 0.15) is 0 Å². The molecule has 2 fully saturated rings. The Hall–Kier alpha value is -1.11. The average Bonchev–Trinajstić information content (AvgIpc) is 2.66. The lowest BCUT2D eigenvalue weighted by Crippen LogP contribution is -2.41. The predicted molar refractivity (Wildman–Crippen MR) is 83.6 cm³/mol. The molecule has 2 saturated heterocycles. The molecule has 0 aliphatic carbocycles. The molecule has 5 nitrogen and oxygen atoms in total. The molecule has 21 heavy (non-hydrogen) atoms. The first-order chi connectivity index (χ1) is 9.93. The van der Waals surface area contributed by atoms with Gasteiger partial charge in [-0.05, 0) is 62.9 Å². The third-order valence-corrected chi connectivity index (χ3v) is 5.90. The van der Waals surface area contributed by atoms with E-state index in [1.54, 1.807) is 24.3 Å². The Morgan fingerprint density at radius 1 is 1.19 bits per heavy atom. The van der Waals surface area contributed by atoms with Crippen LogP contribution in [-0.2, 0) is 10.0 Å². The normalized spacial score (nSPS) is 29.5. The standard InChI is InChI=1S/C15H23N3O2S/c1-18-13-4-5-14(18)9-11(8-13)10-17-12-2-6-15(7-3-12)21(16,19)20/h2-3,6-7,11,13-14,17H,4-5,8-10H2,1H3,(H2,16,19,20). The van der Waals surface area contributed by atoms with Crippen LogP contribution in [0.4, 0.5) is 5.69 Å². The van der Waals surface area contributed by atoms with Crippen molar-refractivity contribution < 1.29 is 8.42 Å². The summed E-state index contributed by atoms with van der Waals surface area (Å²) in [6.45, 7) is 0.954. The van der Waals surface area contributed by atoms with Crippen LogP contribution in [0.25, 0.3) is 0 Å². The molecular weight excluding hydrogens is 286 g/mol. The van der Waals surface area contributed by atoms with Gasteiger partial charge in [0.15, 0.2) is 0 Å². The number of piperidine rings is 1. The fourth-order valence-electron chi connectivity index (χ4n) is 3.72. The number of rotatable bonds is 4. The maximum absolute atomic E-state index is 11.2. The predicted octanol–water partition coefficient (Wildman–Crippen LogP) is 1.62. The van der Waals surface area contributed by atoms with E-state index in [4.69, 9.17) is 5.14 Å². The molecule has 2 aliphatic heterocycles. The highest BCUT2D eigenvalue weighted by Crippen LogP contribution is 2.37. The van der Waals surface area contributed by atoms with Crippen LogP contribution in [0.1, 0.15) is 25.7 Å². The van der Waals surface area contributed by atoms with Crippen molar-refractivity contribution in [3.63, 3.8) is 0 Å². The van der Waals surface area contributed by atoms with Gasteiger partial charge in [-0.2, -0.15) is 0 Å². The van der Waals surface area contributed by atoms with Gasteiger partial charge in [-0.3, -0.25) is 0 Å². The number of nitrogens with two attached hydrogens (primary N) is 1. The number of hydrogen-bond donors (Lipinski definition) is 2. The van der Waals surface area contributed by atoms with Crippen LogP contribution in [0.2, 0.25) is 0 Å². The number of benzene rings is 1. The Morgan fingerprint density at radius 2 is 1.76 bits per heavy atom. The molecule has 0 saturated carbocycles. The third-order valence-electron chi connectivity index (χ3n) is 4.97. The zero-order chi connectivity index (χ0) is 15.0. The van der Waals surface area contributed by atoms with Crippen molar-refractivity contribution in [1.82, 2.24) is 4.90 Å². The van der Waals surface area contributed by atoms with Gasteiger partial charge in [0.05, 0.1) is 4.90 Å². The summed E-state index contributed by atoms with van der Waals surface area (Å²) < 4.78 is 22.4. The Kier molecular flexibility index (Phi) is 3.94. The van der Waals surface area contributed by atoms with Crippen LogP contribution in [0, 0.1) is 5.92 Å². The van der Waals surface area contributed by atoms with Gasteiger partial charge in [-0.1, -0.05) is 0 Å². The molecule has 116 valence electrons. The second-order valence-electron chi connectivity index (χ2n) is 6.34. The highest BCUT2D eigenvalue weighted by Gasteiger charge is 2.37. The number of nitrogens with zero attached hydrogens (tertiary/aromatic N) is 1. The van der Waals surface area contributed by atoms with Gasteiger partial charge in [0.2, 0.25) is 10.0 Å². The molecular formula is C15H23N3O2S. The van der Waals surface area contributed by atoms with Crippen LogP contribution >= 0.6 is 0 Å². The molecule has 1 aromatic rings. The van der Waals surface area contributed by atoms with E-state index >= 15 is 0 Å². The molecule has 2 unspecified atom stereocenters. The van der Waals surface area contributed by atoms with Gasteiger partial charge in [0, 0.05) is 24.3 Å². The van der Waals surface area contributed by atoms with E-state index in [0.717, 1.165) is 24.3 Å². The lowest BCUT2D eigenvalue weighted by molar-refractivity contribution is 0.139. The molecule has 1 aromatic carbocycles. The Morgan fingerprint density at radius 3 is 2.29 bits per heavy atom. The lowest BCUT2D eigenvalue weighted by Gasteiger charge is -2.36. The zero-order valence-corrected chi connectivity index (χ0v) is 13.1. The first kappa shape index (κ1) is 14.8. The molecule has 0 amide bonds. The maximum atomic E-state index is 11.2. The summed E-state index contributed by atoms with van der Waals surface area (Å²) in [5.74, 6) is 0.705. The quantitative estimate of drug-likeness (QED) is 0.886. The van der Waals surface area contributed by atoms with Crippen molar-refractivity contribution in [2.45, 2.75) is 42.7 Å². The summed E-state index contributed by atoms with van der Waals surface area (Å²) in [6.07, 6.45) is 5.19. The van der Waals surface area contributed by atoms with Crippen molar-refractivity contribution in [3.05, 3.63) is 24.3 Å².